The second-order valence-electron chi connectivity index (χ2n) is 4.46. The number of alkyl halides is 3. The first kappa shape index (κ1) is 13.0. The van der Waals surface area contributed by atoms with E-state index in [0.29, 0.717) is 31.3 Å². The molecule has 0 saturated carbocycles. The van der Waals surface area contributed by atoms with Gasteiger partial charge in [-0.3, -0.25) is 0 Å². The Labute approximate surface area is 111 Å². The Morgan fingerprint density at radius 1 is 1.20 bits per heavy atom. The summed E-state index contributed by atoms with van der Waals surface area (Å²) in [6.07, 6.45) is -4.73. The Morgan fingerprint density at radius 3 is 2.75 bits per heavy atom. The highest BCUT2D eigenvalue weighted by atomic mass is 19.4. The summed E-state index contributed by atoms with van der Waals surface area (Å²) in [7, 11) is 0. The van der Waals surface area contributed by atoms with Crippen LogP contribution in [0, 0.1) is 5.82 Å². The van der Waals surface area contributed by atoms with Gasteiger partial charge < -0.3 is 9.88 Å². The molecule has 0 atom stereocenters. The summed E-state index contributed by atoms with van der Waals surface area (Å²) in [4.78, 5) is 0. The van der Waals surface area contributed by atoms with E-state index < -0.39 is 17.6 Å². The Hall–Kier alpha value is -1.96. The molecule has 0 bridgehead atoms. The van der Waals surface area contributed by atoms with Crippen LogP contribution in [0.25, 0.3) is 11.4 Å². The van der Waals surface area contributed by atoms with Crippen LogP contribution in [-0.2, 0) is 19.3 Å². The van der Waals surface area contributed by atoms with Crippen LogP contribution >= 0.6 is 0 Å². The minimum absolute atomic E-state index is 0.208. The minimum atomic E-state index is -4.73. The van der Waals surface area contributed by atoms with Gasteiger partial charge in [-0.2, -0.15) is 13.2 Å². The van der Waals surface area contributed by atoms with Crippen LogP contribution < -0.4 is 5.32 Å². The van der Waals surface area contributed by atoms with Gasteiger partial charge in [0.1, 0.15) is 11.6 Å². The number of hydrogen-bond donors (Lipinski definition) is 1. The molecule has 8 heteroatoms. The maximum atomic E-state index is 13.3. The predicted octanol–water partition coefficient (Wildman–Crippen LogP) is 2.21. The van der Waals surface area contributed by atoms with Crippen molar-refractivity contribution in [3.63, 3.8) is 0 Å². The molecule has 0 radical (unpaired) electrons. The van der Waals surface area contributed by atoms with Gasteiger partial charge in [0.25, 0.3) is 0 Å². The van der Waals surface area contributed by atoms with Crippen molar-refractivity contribution in [3.05, 3.63) is 35.4 Å². The third-order valence-corrected chi connectivity index (χ3v) is 3.15. The molecule has 4 nitrogen and oxygen atoms in total. The van der Waals surface area contributed by atoms with Gasteiger partial charge in [-0.1, -0.05) is 0 Å². The van der Waals surface area contributed by atoms with Gasteiger partial charge in [0.15, 0.2) is 5.82 Å². The number of hydrogen-bond acceptors (Lipinski definition) is 3. The lowest BCUT2D eigenvalue weighted by molar-refractivity contribution is -0.139. The van der Waals surface area contributed by atoms with Crippen molar-refractivity contribution in [3.8, 4) is 11.4 Å². The van der Waals surface area contributed by atoms with Crippen molar-refractivity contribution < 1.29 is 17.6 Å². The Kier molecular flexibility index (Phi) is 2.97. The number of nitrogens with one attached hydrogen (secondary N) is 1. The first-order chi connectivity index (χ1) is 9.47. The van der Waals surface area contributed by atoms with E-state index in [0.717, 1.165) is 12.1 Å². The normalized spacial score (nSPS) is 15.2. The molecule has 0 unspecified atom stereocenters. The maximum Gasteiger partial charge on any atom is 0.419 e. The topological polar surface area (TPSA) is 42.7 Å². The van der Waals surface area contributed by atoms with Crippen LogP contribution in [0.1, 0.15) is 11.4 Å². The summed E-state index contributed by atoms with van der Waals surface area (Å²) in [5.41, 5.74) is -1.08. The molecule has 0 amide bonds. The molecule has 1 aromatic heterocycles. The summed E-state index contributed by atoms with van der Waals surface area (Å²) in [5.74, 6) is -0.308. The second kappa shape index (κ2) is 4.55. The predicted molar refractivity (Wildman–Crippen MR) is 62.1 cm³/mol. The van der Waals surface area contributed by atoms with E-state index >= 15 is 0 Å². The summed E-state index contributed by atoms with van der Waals surface area (Å²) in [6.45, 7) is 1.77. The fraction of sp³-hybridized carbons (Fsp3) is 0.333. The third-order valence-electron chi connectivity index (χ3n) is 3.15. The number of fused-ring (bicyclic) bond motifs is 1. The molecule has 0 spiro atoms. The lowest BCUT2D eigenvalue weighted by Crippen LogP contribution is -2.28. The number of benzene rings is 1. The molecule has 106 valence electrons. The fourth-order valence-corrected chi connectivity index (χ4v) is 2.19. The lowest BCUT2D eigenvalue weighted by atomic mass is 10.1. The van der Waals surface area contributed by atoms with Gasteiger partial charge in [-0.25, -0.2) is 4.39 Å². The van der Waals surface area contributed by atoms with Gasteiger partial charge >= 0.3 is 6.18 Å². The summed E-state index contributed by atoms with van der Waals surface area (Å²) >= 11 is 0. The number of aromatic nitrogens is 3. The largest absolute Gasteiger partial charge is 0.419 e. The van der Waals surface area contributed by atoms with Crippen molar-refractivity contribution in [2.75, 3.05) is 6.54 Å². The summed E-state index contributed by atoms with van der Waals surface area (Å²) in [6, 6.07) is 2.86. The van der Waals surface area contributed by atoms with Gasteiger partial charge in [0.05, 0.1) is 12.1 Å². The number of halogens is 4. The zero-order valence-electron chi connectivity index (χ0n) is 10.2. The smallest absolute Gasteiger partial charge is 0.309 e. The minimum Gasteiger partial charge on any atom is -0.309 e. The Balaban J connectivity index is 2.09. The molecule has 20 heavy (non-hydrogen) atoms. The third kappa shape index (κ3) is 2.15. The van der Waals surface area contributed by atoms with E-state index in [-0.39, 0.29) is 5.56 Å². The van der Waals surface area contributed by atoms with Gasteiger partial charge in [-0.05, 0) is 18.2 Å². The van der Waals surface area contributed by atoms with Crippen LogP contribution in [0.5, 0.6) is 0 Å². The van der Waals surface area contributed by atoms with Crippen molar-refractivity contribution in [1.82, 2.24) is 20.1 Å². The van der Waals surface area contributed by atoms with Gasteiger partial charge in [0, 0.05) is 18.7 Å². The van der Waals surface area contributed by atoms with E-state index in [1.54, 1.807) is 4.57 Å². The van der Waals surface area contributed by atoms with Crippen LogP contribution in [0.2, 0.25) is 0 Å². The highest BCUT2D eigenvalue weighted by Gasteiger charge is 2.34. The molecule has 3 rings (SSSR count). The van der Waals surface area contributed by atoms with Gasteiger partial charge in [0.2, 0.25) is 0 Å². The average Bonchev–Trinajstić information content (AvgIpc) is 2.82. The van der Waals surface area contributed by atoms with Crippen LogP contribution in [-0.4, -0.2) is 21.3 Å². The van der Waals surface area contributed by atoms with E-state index in [1.807, 2.05) is 0 Å². The van der Waals surface area contributed by atoms with Crippen LogP contribution in [0.3, 0.4) is 0 Å². The first-order valence-electron chi connectivity index (χ1n) is 5.97. The molecule has 1 aliphatic heterocycles. The Morgan fingerprint density at radius 2 is 2.00 bits per heavy atom. The quantitative estimate of drug-likeness (QED) is 0.817. The molecule has 0 aliphatic carbocycles. The van der Waals surface area contributed by atoms with E-state index in [9.17, 15) is 17.6 Å². The fourth-order valence-electron chi connectivity index (χ4n) is 2.19. The zero-order chi connectivity index (χ0) is 14.3. The van der Waals surface area contributed by atoms with Crippen molar-refractivity contribution in [2.45, 2.75) is 19.3 Å². The Bertz CT molecular complexity index is 647. The molecule has 1 aromatic carbocycles. The summed E-state index contributed by atoms with van der Waals surface area (Å²) in [5, 5.41) is 10.9. The highest BCUT2D eigenvalue weighted by molar-refractivity contribution is 5.57. The molecule has 0 fully saturated rings. The average molecular weight is 286 g/mol. The molecular formula is C12H10F4N4. The van der Waals surface area contributed by atoms with Crippen molar-refractivity contribution in [1.29, 1.82) is 0 Å². The van der Waals surface area contributed by atoms with Crippen molar-refractivity contribution >= 4 is 0 Å². The number of rotatable bonds is 1. The number of nitrogens with zero attached hydrogens (tertiary/aromatic N) is 3. The van der Waals surface area contributed by atoms with Gasteiger partial charge in [-0.15, -0.1) is 10.2 Å². The van der Waals surface area contributed by atoms with E-state index in [4.69, 9.17) is 0 Å². The van der Waals surface area contributed by atoms with Crippen molar-refractivity contribution in [2.24, 2.45) is 0 Å². The lowest BCUT2D eigenvalue weighted by Gasteiger charge is -2.16. The summed E-state index contributed by atoms with van der Waals surface area (Å²) < 4.78 is 53.2. The second-order valence-corrected chi connectivity index (χ2v) is 4.46. The molecule has 2 heterocycles. The zero-order valence-corrected chi connectivity index (χ0v) is 10.2. The van der Waals surface area contributed by atoms with Crippen LogP contribution in [0.4, 0.5) is 17.6 Å². The molecule has 1 aliphatic rings. The molecule has 0 saturated heterocycles. The standard InChI is InChI=1S/C12H10F4N4/c13-9-2-1-7(5-8(9)12(14,15)16)11-19-18-10-6-17-3-4-20(10)11/h1-2,5,17H,3-4,6H2. The molecule has 2 aromatic rings. The van der Waals surface area contributed by atoms with E-state index in [2.05, 4.69) is 15.5 Å². The SMILES string of the molecule is Fc1ccc(-c2nnc3n2CCNC3)cc1C(F)(F)F. The highest BCUT2D eigenvalue weighted by Crippen LogP contribution is 2.34. The monoisotopic (exact) mass is 286 g/mol. The first-order valence-corrected chi connectivity index (χ1v) is 5.97. The maximum absolute atomic E-state index is 13.3. The van der Waals surface area contributed by atoms with Crippen LogP contribution in [0.15, 0.2) is 18.2 Å². The van der Waals surface area contributed by atoms with E-state index in [1.165, 1.54) is 6.07 Å². The molecule has 1 N–H and O–H groups in total. The molecular weight excluding hydrogens is 276 g/mol.